The predicted octanol–water partition coefficient (Wildman–Crippen LogP) is 2.91. The molecule has 1 amide bonds. The molecule has 0 atom stereocenters. The zero-order chi connectivity index (χ0) is 17.7. The lowest BCUT2D eigenvalue weighted by Gasteiger charge is -2.10. The predicted molar refractivity (Wildman–Crippen MR) is 92.1 cm³/mol. The van der Waals surface area contributed by atoms with Crippen molar-refractivity contribution in [3.05, 3.63) is 48.3 Å². The summed E-state index contributed by atoms with van der Waals surface area (Å²) >= 11 is 0. The van der Waals surface area contributed by atoms with E-state index in [0.29, 0.717) is 11.4 Å². The Balaban J connectivity index is 2.07. The summed E-state index contributed by atoms with van der Waals surface area (Å²) in [7, 11) is -3.25. The number of sulfone groups is 1. The fourth-order valence-corrected chi connectivity index (χ4v) is 2.85. The van der Waals surface area contributed by atoms with Gasteiger partial charge >= 0.3 is 0 Å². The van der Waals surface area contributed by atoms with Gasteiger partial charge in [-0.3, -0.25) is 4.79 Å². The molecule has 0 saturated carbocycles. The van der Waals surface area contributed by atoms with E-state index in [1.54, 1.807) is 31.2 Å². The summed E-state index contributed by atoms with van der Waals surface area (Å²) in [5, 5.41) is 2.68. The topological polar surface area (TPSA) is 85.4 Å². The zero-order valence-corrected chi connectivity index (χ0v) is 14.6. The molecule has 0 aliphatic carbocycles. The first-order chi connectivity index (χ1) is 11.3. The van der Waals surface area contributed by atoms with Gasteiger partial charge in [0.25, 0.3) is 5.91 Å². The smallest absolute Gasteiger partial charge is 0.274 e. The van der Waals surface area contributed by atoms with E-state index >= 15 is 0 Å². The number of anilines is 1. The van der Waals surface area contributed by atoms with Crippen LogP contribution >= 0.6 is 0 Å². The monoisotopic (exact) mass is 348 g/mol. The quantitative estimate of drug-likeness (QED) is 0.867. The van der Waals surface area contributed by atoms with Gasteiger partial charge in [0.1, 0.15) is 11.4 Å². The summed E-state index contributed by atoms with van der Waals surface area (Å²) in [6, 6.07) is 9.30. The molecular weight excluding hydrogens is 328 g/mol. The zero-order valence-electron chi connectivity index (χ0n) is 13.8. The maximum atomic E-state index is 12.2. The number of carbonyl (C=O) groups is 1. The van der Waals surface area contributed by atoms with Crippen molar-refractivity contribution in [2.24, 2.45) is 0 Å². The molecule has 0 spiro atoms. The minimum Gasteiger partial charge on any atom is -0.489 e. The fraction of sp³-hybridized carbons (Fsp3) is 0.294. The number of amides is 1. The molecule has 7 heteroatoms. The minimum absolute atomic E-state index is 0.0318. The molecule has 0 aliphatic heterocycles. The fourth-order valence-electron chi connectivity index (χ4n) is 1.96. The molecule has 2 rings (SSSR count). The van der Waals surface area contributed by atoms with Crippen molar-refractivity contribution in [1.29, 1.82) is 0 Å². The highest BCUT2D eigenvalue weighted by Crippen LogP contribution is 2.16. The van der Waals surface area contributed by atoms with Crippen LogP contribution in [0.2, 0.25) is 0 Å². The molecule has 6 nitrogen and oxygen atoms in total. The Morgan fingerprint density at radius 1 is 1.17 bits per heavy atom. The summed E-state index contributed by atoms with van der Waals surface area (Å²) in [5.74, 6) is 0.251. The van der Waals surface area contributed by atoms with Gasteiger partial charge in [-0.05, 0) is 50.2 Å². The number of hydrogen-bond acceptors (Lipinski definition) is 5. The molecule has 24 heavy (non-hydrogen) atoms. The molecule has 0 aliphatic rings. The van der Waals surface area contributed by atoms with E-state index in [9.17, 15) is 13.2 Å². The van der Waals surface area contributed by atoms with Gasteiger partial charge in [0.15, 0.2) is 9.84 Å². The van der Waals surface area contributed by atoms with E-state index in [0.717, 1.165) is 0 Å². The van der Waals surface area contributed by atoms with Crippen molar-refractivity contribution >= 4 is 21.4 Å². The largest absolute Gasteiger partial charge is 0.489 e. The number of rotatable bonds is 6. The third kappa shape index (κ3) is 4.55. The second-order valence-corrected chi connectivity index (χ2v) is 7.71. The third-order valence-electron chi connectivity index (χ3n) is 3.19. The van der Waals surface area contributed by atoms with Crippen LogP contribution in [-0.2, 0) is 9.84 Å². The van der Waals surface area contributed by atoms with Crippen LogP contribution in [0.4, 0.5) is 5.69 Å². The Bertz CT molecular complexity index is 797. The number of pyridine rings is 1. The Morgan fingerprint density at radius 3 is 2.33 bits per heavy atom. The van der Waals surface area contributed by atoms with Crippen LogP contribution in [0, 0.1) is 0 Å². The van der Waals surface area contributed by atoms with Gasteiger partial charge in [0, 0.05) is 5.69 Å². The average molecular weight is 348 g/mol. The van der Waals surface area contributed by atoms with Crippen LogP contribution in [0.1, 0.15) is 31.3 Å². The molecule has 1 aromatic carbocycles. The molecular formula is C17H20N2O4S. The first-order valence-corrected chi connectivity index (χ1v) is 9.24. The van der Waals surface area contributed by atoms with Gasteiger partial charge in [-0.2, -0.15) is 0 Å². The first-order valence-electron chi connectivity index (χ1n) is 7.58. The normalized spacial score (nSPS) is 11.3. The molecule has 2 aromatic rings. The van der Waals surface area contributed by atoms with E-state index in [4.69, 9.17) is 4.74 Å². The number of nitrogens with zero attached hydrogens (tertiary/aromatic N) is 1. The average Bonchev–Trinajstić information content (AvgIpc) is 2.55. The molecule has 1 heterocycles. The molecule has 128 valence electrons. The van der Waals surface area contributed by atoms with E-state index in [-0.39, 0.29) is 28.4 Å². The second-order valence-electron chi connectivity index (χ2n) is 5.43. The molecule has 1 aromatic heterocycles. The second kappa shape index (κ2) is 7.44. The Morgan fingerprint density at radius 2 is 1.83 bits per heavy atom. The molecule has 0 saturated heterocycles. The van der Waals surface area contributed by atoms with Crippen molar-refractivity contribution in [3.63, 3.8) is 0 Å². The van der Waals surface area contributed by atoms with Gasteiger partial charge in [-0.25, -0.2) is 13.4 Å². The Labute approximate surface area is 141 Å². The molecule has 0 fully saturated rings. The summed E-state index contributed by atoms with van der Waals surface area (Å²) in [6.45, 7) is 5.40. The van der Waals surface area contributed by atoms with Crippen LogP contribution in [0.15, 0.2) is 47.5 Å². The lowest BCUT2D eigenvalue weighted by Crippen LogP contribution is -2.14. The number of aromatic nitrogens is 1. The van der Waals surface area contributed by atoms with Crippen LogP contribution in [0.25, 0.3) is 0 Å². The summed E-state index contributed by atoms with van der Waals surface area (Å²) in [5.41, 5.74) is 0.746. The number of hydrogen-bond donors (Lipinski definition) is 1. The van der Waals surface area contributed by atoms with Crippen molar-refractivity contribution in [2.45, 2.75) is 31.8 Å². The van der Waals surface area contributed by atoms with Crippen molar-refractivity contribution in [1.82, 2.24) is 4.98 Å². The van der Waals surface area contributed by atoms with Gasteiger partial charge in [0.2, 0.25) is 0 Å². The van der Waals surface area contributed by atoms with Gasteiger partial charge < -0.3 is 10.1 Å². The molecule has 0 unspecified atom stereocenters. The van der Waals surface area contributed by atoms with Gasteiger partial charge in [0.05, 0.1) is 22.9 Å². The van der Waals surface area contributed by atoms with Crippen molar-refractivity contribution < 1.29 is 17.9 Å². The Hall–Kier alpha value is -2.41. The van der Waals surface area contributed by atoms with Crippen molar-refractivity contribution in [2.75, 3.05) is 11.1 Å². The van der Waals surface area contributed by atoms with E-state index in [1.807, 2.05) is 13.8 Å². The third-order valence-corrected chi connectivity index (χ3v) is 4.94. The SMILES string of the molecule is CCS(=O)(=O)c1ccc(NC(=O)c2ccc(OC(C)C)cn2)cc1. The molecule has 0 bridgehead atoms. The minimum atomic E-state index is -3.25. The molecule has 0 radical (unpaired) electrons. The highest BCUT2D eigenvalue weighted by molar-refractivity contribution is 7.91. The Kier molecular flexibility index (Phi) is 5.56. The first kappa shape index (κ1) is 17.9. The van der Waals surface area contributed by atoms with Gasteiger partial charge in [-0.15, -0.1) is 0 Å². The van der Waals surface area contributed by atoms with Crippen LogP contribution in [0.3, 0.4) is 0 Å². The highest BCUT2D eigenvalue weighted by Gasteiger charge is 2.12. The highest BCUT2D eigenvalue weighted by atomic mass is 32.2. The van der Waals surface area contributed by atoms with E-state index < -0.39 is 9.84 Å². The maximum absolute atomic E-state index is 12.2. The number of benzene rings is 1. The lowest BCUT2D eigenvalue weighted by molar-refractivity contribution is 0.102. The number of nitrogens with one attached hydrogen (secondary N) is 1. The van der Waals surface area contributed by atoms with Crippen LogP contribution in [0.5, 0.6) is 5.75 Å². The lowest BCUT2D eigenvalue weighted by atomic mass is 10.3. The summed E-state index contributed by atoms with van der Waals surface area (Å²) in [4.78, 5) is 16.5. The maximum Gasteiger partial charge on any atom is 0.274 e. The van der Waals surface area contributed by atoms with E-state index in [1.165, 1.54) is 18.3 Å². The van der Waals surface area contributed by atoms with Crippen LogP contribution < -0.4 is 10.1 Å². The number of ether oxygens (including phenoxy) is 1. The standard InChI is InChI=1S/C17H20N2O4S/c1-4-24(21,22)15-8-5-13(6-9-15)19-17(20)16-10-7-14(11-18-16)23-12(2)3/h5-12H,4H2,1-3H3,(H,19,20). The van der Waals surface area contributed by atoms with Crippen LogP contribution in [-0.4, -0.2) is 31.2 Å². The van der Waals surface area contributed by atoms with Gasteiger partial charge in [-0.1, -0.05) is 6.92 Å². The van der Waals surface area contributed by atoms with Crippen molar-refractivity contribution in [3.8, 4) is 5.75 Å². The molecule has 1 N–H and O–H groups in total. The van der Waals surface area contributed by atoms with E-state index in [2.05, 4.69) is 10.3 Å². The summed E-state index contributed by atoms with van der Waals surface area (Å²) in [6.07, 6.45) is 1.52. The number of carbonyl (C=O) groups excluding carboxylic acids is 1. The summed E-state index contributed by atoms with van der Waals surface area (Å²) < 4.78 is 29.0.